The lowest BCUT2D eigenvalue weighted by Crippen LogP contribution is -3.05. The van der Waals surface area contributed by atoms with E-state index in [9.17, 15) is 4.79 Å². The molecule has 28 heavy (non-hydrogen) atoms. The van der Waals surface area contributed by atoms with Crippen molar-refractivity contribution in [1.29, 1.82) is 0 Å². The molecular weight excluding hydrogens is 378 g/mol. The molecule has 8 heteroatoms. The number of halogens is 1. The van der Waals surface area contributed by atoms with E-state index >= 15 is 0 Å². The van der Waals surface area contributed by atoms with Crippen molar-refractivity contribution >= 4 is 28.5 Å². The first-order valence-corrected chi connectivity index (χ1v) is 9.55. The molecule has 0 aliphatic carbocycles. The maximum atomic E-state index is 12.5. The van der Waals surface area contributed by atoms with Crippen LogP contribution in [0.4, 0.5) is 0 Å². The van der Waals surface area contributed by atoms with E-state index < -0.39 is 0 Å². The number of pyridine rings is 1. The Bertz CT molecular complexity index is 982. The van der Waals surface area contributed by atoms with Crippen LogP contribution in [0.15, 0.2) is 30.5 Å². The number of carbonyl (C=O) groups excluding carboxylic acids is 1. The number of fused-ring (bicyclic) bond motifs is 1. The molecule has 2 heterocycles. The predicted molar refractivity (Wildman–Crippen MR) is 110 cm³/mol. The molecule has 0 atom stereocenters. The van der Waals surface area contributed by atoms with E-state index in [1.165, 1.54) is 11.1 Å². The summed E-state index contributed by atoms with van der Waals surface area (Å²) >= 11 is 6.58. The summed E-state index contributed by atoms with van der Waals surface area (Å²) < 4.78 is 6.92. The second kappa shape index (κ2) is 8.58. The maximum Gasteiger partial charge on any atom is 0.254 e. The quantitative estimate of drug-likeness (QED) is 0.589. The molecule has 1 aromatic carbocycles. The Morgan fingerprint density at radius 3 is 2.64 bits per heavy atom. The lowest BCUT2D eigenvalue weighted by molar-refractivity contribution is -0.858. The number of carbonyl (C=O) groups is 1. The molecule has 0 saturated carbocycles. The van der Waals surface area contributed by atoms with Gasteiger partial charge in [0.15, 0.2) is 5.65 Å². The lowest BCUT2D eigenvalue weighted by Gasteiger charge is -2.09. The number of quaternary nitrogens is 1. The van der Waals surface area contributed by atoms with Crippen LogP contribution in [0.2, 0.25) is 5.02 Å². The number of hydrogen-bond acceptors (Lipinski definition) is 4. The molecule has 0 unspecified atom stereocenters. The number of benzene rings is 1. The molecule has 2 aromatic heterocycles. The van der Waals surface area contributed by atoms with E-state index in [-0.39, 0.29) is 5.91 Å². The van der Waals surface area contributed by atoms with E-state index in [4.69, 9.17) is 16.3 Å². The van der Waals surface area contributed by atoms with E-state index in [0.29, 0.717) is 33.9 Å². The van der Waals surface area contributed by atoms with Gasteiger partial charge in [0.05, 0.1) is 55.1 Å². The highest BCUT2D eigenvalue weighted by Crippen LogP contribution is 2.30. The summed E-state index contributed by atoms with van der Waals surface area (Å²) in [7, 11) is 5.79. The van der Waals surface area contributed by atoms with Crippen molar-refractivity contribution in [2.75, 3.05) is 34.3 Å². The monoisotopic (exact) mass is 402 g/mol. The highest BCUT2D eigenvalue weighted by Gasteiger charge is 2.20. The van der Waals surface area contributed by atoms with Gasteiger partial charge in [-0.2, -0.15) is 5.10 Å². The van der Waals surface area contributed by atoms with Gasteiger partial charge in [-0.25, -0.2) is 9.67 Å². The van der Waals surface area contributed by atoms with Gasteiger partial charge in [-0.3, -0.25) is 4.79 Å². The summed E-state index contributed by atoms with van der Waals surface area (Å²) in [5.74, 6) is 0.544. The largest absolute Gasteiger partial charge is 0.497 e. The normalized spacial score (nSPS) is 11.2. The number of aryl methyl sites for hydroxylation is 1. The Labute approximate surface area is 169 Å². The second-order valence-electron chi connectivity index (χ2n) is 6.95. The van der Waals surface area contributed by atoms with Gasteiger partial charge >= 0.3 is 0 Å². The lowest BCUT2D eigenvalue weighted by atomic mass is 10.2. The van der Waals surface area contributed by atoms with Crippen LogP contribution in [0.5, 0.6) is 5.75 Å². The highest BCUT2D eigenvalue weighted by atomic mass is 35.5. The van der Waals surface area contributed by atoms with Crippen LogP contribution in [0.3, 0.4) is 0 Å². The first kappa shape index (κ1) is 20.1. The van der Waals surface area contributed by atoms with Crippen molar-refractivity contribution in [2.24, 2.45) is 0 Å². The molecule has 0 saturated heterocycles. The Balaban J connectivity index is 1.89. The smallest absolute Gasteiger partial charge is 0.254 e. The fourth-order valence-corrected chi connectivity index (χ4v) is 3.37. The van der Waals surface area contributed by atoms with Gasteiger partial charge in [-0.1, -0.05) is 11.6 Å². The number of amides is 1. The third-order valence-corrected chi connectivity index (χ3v) is 4.90. The number of rotatable bonds is 7. The molecule has 0 bridgehead atoms. The van der Waals surface area contributed by atoms with Gasteiger partial charge < -0.3 is 15.0 Å². The van der Waals surface area contributed by atoms with Gasteiger partial charge in [0, 0.05) is 19.2 Å². The summed E-state index contributed by atoms with van der Waals surface area (Å²) in [6.45, 7) is 3.44. The van der Waals surface area contributed by atoms with Crippen LogP contribution in [-0.2, 0) is 0 Å². The minimum Gasteiger partial charge on any atom is -0.497 e. The summed E-state index contributed by atoms with van der Waals surface area (Å²) in [6.07, 6.45) is 2.41. The molecule has 3 aromatic rings. The minimum atomic E-state index is -0.218. The third-order valence-electron chi connectivity index (χ3n) is 4.51. The minimum absolute atomic E-state index is 0.218. The topological polar surface area (TPSA) is 73.5 Å². The van der Waals surface area contributed by atoms with E-state index in [2.05, 4.69) is 29.5 Å². The number of methoxy groups -OCH3 is 1. The zero-order valence-electron chi connectivity index (χ0n) is 16.5. The van der Waals surface area contributed by atoms with Gasteiger partial charge in [0.25, 0.3) is 5.91 Å². The van der Waals surface area contributed by atoms with Gasteiger partial charge in [-0.05, 0) is 31.2 Å². The van der Waals surface area contributed by atoms with Gasteiger partial charge in [0.2, 0.25) is 0 Å². The zero-order valence-corrected chi connectivity index (χ0v) is 17.3. The zero-order chi connectivity index (χ0) is 20.3. The standard InChI is InChI=1S/C20H24ClN5O2/c1-13-17-18(21)16(20(27)22-10-5-11-25(2)3)12-23-19(17)26(24-13)14-6-8-15(28-4)9-7-14/h6-9,12H,5,10-11H2,1-4H3,(H,22,27)/p+1. The van der Waals surface area contributed by atoms with Crippen LogP contribution < -0.4 is 15.0 Å². The third kappa shape index (κ3) is 4.10. The molecule has 3 rings (SSSR count). The molecule has 0 radical (unpaired) electrons. The second-order valence-corrected chi connectivity index (χ2v) is 7.32. The van der Waals surface area contributed by atoms with Crippen LogP contribution in [0.1, 0.15) is 22.5 Å². The molecule has 0 aliphatic heterocycles. The van der Waals surface area contributed by atoms with Crippen molar-refractivity contribution in [3.05, 3.63) is 46.7 Å². The molecule has 0 spiro atoms. The SMILES string of the molecule is COc1ccc(-n2nc(C)c3c(Cl)c(C(=O)NCCC[NH+](C)C)cnc32)cc1. The molecule has 1 amide bonds. The molecule has 0 fully saturated rings. The first-order valence-electron chi connectivity index (χ1n) is 9.18. The average Bonchev–Trinajstić information content (AvgIpc) is 3.02. The fourth-order valence-electron chi connectivity index (χ4n) is 3.01. The van der Waals surface area contributed by atoms with Crippen LogP contribution in [0.25, 0.3) is 16.7 Å². The average molecular weight is 403 g/mol. The number of hydrogen-bond donors (Lipinski definition) is 2. The number of aromatic nitrogens is 3. The number of nitrogens with one attached hydrogen (secondary N) is 2. The summed E-state index contributed by atoms with van der Waals surface area (Å²) in [5.41, 5.74) is 2.53. The van der Waals surface area contributed by atoms with Crippen LogP contribution in [-0.4, -0.2) is 55.0 Å². The Morgan fingerprint density at radius 1 is 1.29 bits per heavy atom. The predicted octanol–water partition coefficient (Wildman–Crippen LogP) is 1.66. The van der Waals surface area contributed by atoms with Crippen LogP contribution in [0, 0.1) is 6.92 Å². The molecule has 2 N–H and O–H groups in total. The van der Waals surface area contributed by atoms with Crippen molar-refractivity contribution in [3.8, 4) is 11.4 Å². The maximum absolute atomic E-state index is 12.5. The molecular formula is C20H25ClN5O2+. The molecule has 7 nitrogen and oxygen atoms in total. The Hall–Kier alpha value is -2.64. The Morgan fingerprint density at radius 2 is 2.00 bits per heavy atom. The fraction of sp³-hybridized carbons (Fsp3) is 0.350. The first-order chi connectivity index (χ1) is 13.4. The van der Waals surface area contributed by atoms with Gasteiger partial charge in [0.1, 0.15) is 5.75 Å². The van der Waals surface area contributed by atoms with Crippen molar-refractivity contribution < 1.29 is 14.4 Å². The van der Waals surface area contributed by atoms with Crippen LogP contribution >= 0.6 is 11.6 Å². The van der Waals surface area contributed by atoms with E-state index in [1.807, 2.05) is 31.2 Å². The van der Waals surface area contributed by atoms with Crippen molar-refractivity contribution in [2.45, 2.75) is 13.3 Å². The molecule has 148 valence electrons. The van der Waals surface area contributed by atoms with E-state index in [1.54, 1.807) is 11.8 Å². The summed E-state index contributed by atoms with van der Waals surface area (Å²) in [5, 5.41) is 8.54. The number of ether oxygens (including phenoxy) is 1. The number of nitrogens with zero attached hydrogens (tertiary/aromatic N) is 3. The van der Waals surface area contributed by atoms with Gasteiger partial charge in [-0.15, -0.1) is 0 Å². The summed E-state index contributed by atoms with van der Waals surface area (Å²) in [6, 6.07) is 7.51. The van der Waals surface area contributed by atoms with E-state index in [0.717, 1.165) is 24.4 Å². The van der Waals surface area contributed by atoms with Crippen molar-refractivity contribution in [3.63, 3.8) is 0 Å². The van der Waals surface area contributed by atoms with Crippen molar-refractivity contribution in [1.82, 2.24) is 20.1 Å². The summed E-state index contributed by atoms with van der Waals surface area (Å²) in [4.78, 5) is 18.4. The highest BCUT2D eigenvalue weighted by molar-refractivity contribution is 6.38. The molecule has 0 aliphatic rings. The Kier molecular flexibility index (Phi) is 6.16.